The first kappa shape index (κ1) is 24.3. The average molecular weight is 469 g/mol. The summed E-state index contributed by atoms with van der Waals surface area (Å²) in [6.45, 7) is 4.02. The van der Waals surface area contributed by atoms with Crippen molar-refractivity contribution >= 4 is 21.6 Å². The van der Waals surface area contributed by atoms with Crippen molar-refractivity contribution in [2.24, 2.45) is 0 Å². The van der Waals surface area contributed by atoms with Gasteiger partial charge in [0.1, 0.15) is 11.5 Å². The molecule has 3 aromatic carbocycles. The number of hydrogen-bond donors (Lipinski definition) is 1. The van der Waals surface area contributed by atoms with E-state index in [1.165, 1.54) is 29.6 Å². The Morgan fingerprint density at radius 3 is 2.15 bits per heavy atom. The van der Waals surface area contributed by atoms with Crippen LogP contribution >= 0.6 is 0 Å². The van der Waals surface area contributed by atoms with Gasteiger partial charge in [0.05, 0.1) is 17.7 Å². The normalized spacial score (nSPS) is 11.3. The maximum atomic E-state index is 12.8. The molecule has 0 fully saturated rings. The molecule has 0 bridgehead atoms. The van der Waals surface area contributed by atoms with Gasteiger partial charge in [0.25, 0.3) is 5.91 Å². The van der Waals surface area contributed by atoms with Crippen LogP contribution < -0.4 is 14.8 Å². The summed E-state index contributed by atoms with van der Waals surface area (Å²) in [4.78, 5) is 12.6. The van der Waals surface area contributed by atoms with Gasteiger partial charge in [-0.15, -0.1) is 0 Å². The average Bonchev–Trinajstić information content (AvgIpc) is 2.84. The number of benzene rings is 3. The number of sulfonamides is 1. The molecule has 174 valence electrons. The van der Waals surface area contributed by atoms with E-state index in [4.69, 9.17) is 9.47 Å². The topological polar surface area (TPSA) is 84.9 Å². The van der Waals surface area contributed by atoms with Gasteiger partial charge in [0.15, 0.2) is 6.61 Å². The van der Waals surface area contributed by atoms with Crippen LogP contribution in [0.4, 0.5) is 5.69 Å². The molecule has 0 heterocycles. The smallest absolute Gasteiger partial charge is 0.262 e. The highest BCUT2D eigenvalue weighted by atomic mass is 32.2. The lowest BCUT2D eigenvalue weighted by Crippen LogP contribution is -2.30. The predicted octanol–water partition coefficient (Wildman–Crippen LogP) is 4.41. The van der Waals surface area contributed by atoms with Crippen LogP contribution in [-0.4, -0.2) is 45.4 Å². The van der Waals surface area contributed by atoms with Gasteiger partial charge in [0.2, 0.25) is 10.0 Å². The molecule has 0 saturated carbocycles. The summed E-state index contributed by atoms with van der Waals surface area (Å²) in [5.41, 5.74) is 2.40. The van der Waals surface area contributed by atoms with Crippen molar-refractivity contribution in [3.05, 3.63) is 72.8 Å². The van der Waals surface area contributed by atoms with Crippen molar-refractivity contribution in [2.75, 3.05) is 32.1 Å². The minimum absolute atomic E-state index is 0.0831. The number of ether oxygens (including phenoxy) is 2. The summed E-state index contributed by atoms with van der Waals surface area (Å²) < 4.78 is 37.9. The quantitative estimate of drug-likeness (QED) is 0.476. The Morgan fingerprint density at radius 1 is 0.909 bits per heavy atom. The molecule has 3 aromatic rings. The van der Waals surface area contributed by atoms with Crippen molar-refractivity contribution in [3.8, 4) is 22.6 Å². The lowest BCUT2D eigenvalue weighted by Gasteiger charge is -2.19. The lowest BCUT2D eigenvalue weighted by atomic mass is 10.1. The van der Waals surface area contributed by atoms with E-state index in [0.717, 1.165) is 11.1 Å². The minimum Gasteiger partial charge on any atom is -0.495 e. The van der Waals surface area contributed by atoms with Crippen molar-refractivity contribution in [1.82, 2.24) is 4.31 Å². The molecular formula is C25H28N2O5S. The Balaban J connectivity index is 1.68. The van der Waals surface area contributed by atoms with E-state index in [2.05, 4.69) is 5.32 Å². The molecule has 0 atom stereocenters. The fourth-order valence-electron chi connectivity index (χ4n) is 3.37. The number of nitrogens with one attached hydrogen (secondary N) is 1. The maximum Gasteiger partial charge on any atom is 0.262 e. The number of carbonyl (C=O) groups excluding carboxylic acids is 1. The van der Waals surface area contributed by atoms with Crippen LogP contribution in [-0.2, 0) is 14.8 Å². The van der Waals surface area contributed by atoms with Gasteiger partial charge in [-0.3, -0.25) is 4.79 Å². The Kier molecular flexibility index (Phi) is 8.08. The Hall–Kier alpha value is -3.36. The molecule has 0 unspecified atom stereocenters. The van der Waals surface area contributed by atoms with E-state index in [1.54, 1.807) is 26.0 Å². The van der Waals surface area contributed by atoms with E-state index in [-0.39, 0.29) is 17.2 Å². The van der Waals surface area contributed by atoms with Crippen molar-refractivity contribution < 1.29 is 22.7 Å². The van der Waals surface area contributed by atoms with Gasteiger partial charge >= 0.3 is 0 Å². The summed E-state index contributed by atoms with van der Waals surface area (Å²) in [6.07, 6.45) is 0. The third-order valence-corrected chi connectivity index (χ3v) is 7.17. The number of amides is 1. The summed E-state index contributed by atoms with van der Waals surface area (Å²) in [5, 5.41) is 2.68. The zero-order chi connectivity index (χ0) is 23.8. The number of carbonyl (C=O) groups is 1. The highest BCUT2D eigenvalue weighted by molar-refractivity contribution is 7.89. The van der Waals surface area contributed by atoms with Crippen LogP contribution in [0.25, 0.3) is 11.1 Å². The maximum absolute atomic E-state index is 12.8. The zero-order valence-electron chi connectivity index (χ0n) is 18.9. The predicted molar refractivity (Wildman–Crippen MR) is 129 cm³/mol. The molecule has 7 nitrogen and oxygen atoms in total. The molecule has 33 heavy (non-hydrogen) atoms. The fraction of sp³-hybridized carbons (Fsp3) is 0.240. The molecule has 0 saturated heterocycles. The minimum atomic E-state index is -3.67. The standard InChI is InChI=1S/C25H28N2O5S/c1-4-27(5-2)33(29,30)22-15-16-24(31-3)23(17-22)26-25(28)18-32-21-13-11-20(12-14-21)19-9-7-6-8-10-19/h6-17H,4-5,18H2,1-3H3,(H,26,28). The number of hydrogen-bond acceptors (Lipinski definition) is 5. The van der Waals surface area contributed by atoms with Gasteiger partial charge in [-0.2, -0.15) is 4.31 Å². The van der Waals surface area contributed by atoms with E-state index >= 15 is 0 Å². The first-order valence-corrected chi connectivity index (χ1v) is 12.1. The third kappa shape index (κ3) is 5.91. The molecule has 8 heteroatoms. The molecule has 3 rings (SSSR count). The van der Waals surface area contributed by atoms with Gasteiger partial charge in [-0.1, -0.05) is 56.3 Å². The second kappa shape index (κ2) is 11.0. The van der Waals surface area contributed by atoms with E-state index in [9.17, 15) is 13.2 Å². The van der Waals surface area contributed by atoms with Crippen LogP contribution in [0.2, 0.25) is 0 Å². The van der Waals surface area contributed by atoms with Crippen molar-refractivity contribution in [2.45, 2.75) is 18.7 Å². The molecule has 1 amide bonds. The highest BCUT2D eigenvalue weighted by Gasteiger charge is 2.23. The molecule has 0 spiro atoms. The number of anilines is 1. The Bertz CT molecular complexity index is 1180. The SMILES string of the molecule is CCN(CC)S(=O)(=O)c1ccc(OC)c(NC(=O)COc2ccc(-c3ccccc3)cc2)c1. The molecular weight excluding hydrogens is 440 g/mol. The number of methoxy groups -OCH3 is 1. The van der Waals surface area contributed by atoms with Crippen LogP contribution in [0.5, 0.6) is 11.5 Å². The van der Waals surface area contributed by atoms with Crippen molar-refractivity contribution in [3.63, 3.8) is 0 Å². The lowest BCUT2D eigenvalue weighted by molar-refractivity contribution is -0.118. The fourth-order valence-corrected chi connectivity index (χ4v) is 4.85. The molecule has 0 radical (unpaired) electrons. The summed E-state index contributed by atoms with van der Waals surface area (Å²) in [6, 6.07) is 21.8. The van der Waals surface area contributed by atoms with Crippen molar-refractivity contribution in [1.29, 1.82) is 0 Å². The Morgan fingerprint density at radius 2 is 1.55 bits per heavy atom. The molecule has 0 aliphatic rings. The molecule has 0 aliphatic carbocycles. The zero-order valence-corrected chi connectivity index (χ0v) is 19.8. The van der Waals surface area contributed by atoms with E-state index < -0.39 is 15.9 Å². The van der Waals surface area contributed by atoms with Crippen LogP contribution in [0, 0.1) is 0 Å². The van der Waals surface area contributed by atoms with E-state index in [0.29, 0.717) is 24.6 Å². The van der Waals surface area contributed by atoms with Crippen LogP contribution in [0.3, 0.4) is 0 Å². The molecule has 1 N–H and O–H groups in total. The van der Waals surface area contributed by atoms with Gasteiger partial charge in [-0.25, -0.2) is 8.42 Å². The van der Waals surface area contributed by atoms with Gasteiger partial charge < -0.3 is 14.8 Å². The second-order valence-electron chi connectivity index (χ2n) is 7.18. The van der Waals surface area contributed by atoms with Crippen LogP contribution in [0.15, 0.2) is 77.7 Å². The molecule has 0 aliphatic heterocycles. The largest absolute Gasteiger partial charge is 0.495 e. The number of rotatable bonds is 10. The monoisotopic (exact) mass is 468 g/mol. The summed E-state index contributed by atoms with van der Waals surface area (Å²) in [5.74, 6) is 0.474. The third-order valence-electron chi connectivity index (χ3n) is 5.12. The first-order chi connectivity index (χ1) is 15.9. The highest BCUT2D eigenvalue weighted by Crippen LogP contribution is 2.29. The van der Waals surface area contributed by atoms with Gasteiger partial charge in [0, 0.05) is 13.1 Å². The van der Waals surface area contributed by atoms with Gasteiger partial charge in [-0.05, 0) is 41.5 Å². The first-order valence-electron chi connectivity index (χ1n) is 10.6. The second-order valence-corrected chi connectivity index (χ2v) is 9.12. The van der Waals surface area contributed by atoms with E-state index in [1.807, 2.05) is 42.5 Å². The molecule has 0 aromatic heterocycles. The van der Waals surface area contributed by atoms with Crippen LogP contribution in [0.1, 0.15) is 13.8 Å². The summed E-state index contributed by atoms with van der Waals surface area (Å²) in [7, 11) is -2.22. The summed E-state index contributed by atoms with van der Waals surface area (Å²) >= 11 is 0. The number of nitrogens with zero attached hydrogens (tertiary/aromatic N) is 1. The Labute approximate surface area is 195 Å².